The van der Waals surface area contributed by atoms with Crippen molar-refractivity contribution < 1.29 is 62.5 Å². The molecule has 0 aliphatic carbocycles. The minimum Gasteiger partial charge on any atom is -0.458 e. The molecular formula is C51H81N5O13. The number of aliphatic hydroxyl groups is 2. The maximum absolute atomic E-state index is 15.1. The first-order chi connectivity index (χ1) is 32.5. The number of rotatable bonds is 14. The molecule has 4 aliphatic rings. The highest BCUT2D eigenvalue weighted by atomic mass is 16.7. The summed E-state index contributed by atoms with van der Waals surface area (Å²) in [5, 5.41) is 23.0. The number of fused-ring (bicyclic) bond motifs is 1. The normalized spacial score (nSPS) is 40.6. The second kappa shape index (κ2) is 22.4. The number of ether oxygens (including phenoxy) is 8. The molecular weight excluding hydrogens is 891 g/mol. The van der Waals surface area contributed by atoms with E-state index in [2.05, 4.69) is 9.97 Å². The molecule has 18 heteroatoms. The van der Waals surface area contributed by atoms with Crippen LogP contribution < -0.4 is 0 Å². The van der Waals surface area contributed by atoms with Crippen molar-refractivity contribution in [1.82, 2.24) is 24.3 Å². The summed E-state index contributed by atoms with van der Waals surface area (Å²) in [6, 6.07) is 2.72. The van der Waals surface area contributed by atoms with E-state index in [1.165, 1.54) is 7.11 Å². The summed E-state index contributed by atoms with van der Waals surface area (Å²) in [6.07, 6.45) is 1.02. The van der Waals surface area contributed by atoms with Gasteiger partial charge in [0.25, 0.3) is 0 Å². The largest absolute Gasteiger partial charge is 0.458 e. The molecule has 1 amide bonds. The van der Waals surface area contributed by atoms with Crippen LogP contribution in [0.4, 0.5) is 4.79 Å². The van der Waals surface area contributed by atoms with Gasteiger partial charge in [-0.1, -0.05) is 27.7 Å². The maximum Gasteiger partial charge on any atom is 0.410 e. The number of Topliss-reactive ketones (excluding diaryl/α,β-unsaturated/α-hetero) is 1. The van der Waals surface area contributed by atoms with Crippen LogP contribution in [0.15, 0.2) is 37.1 Å². The van der Waals surface area contributed by atoms with Gasteiger partial charge in [0.05, 0.1) is 59.6 Å². The van der Waals surface area contributed by atoms with Crippen molar-refractivity contribution in [3.63, 3.8) is 0 Å². The fourth-order valence-corrected chi connectivity index (χ4v) is 11.6. The highest BCUT2D eigenvalue weighted by Crippen LogP contribution is 2.45. The zero-order chi connectivity index (χ0) is 50.7. The fraction of sp³-hybridized carbons (Fsp3) is 0.784. The van der Waals surface area contributed by atoms with E-state index in [0.717, 1.165) is 11.3 Å². The monoisotopic (exact) mass is 972 g/mol. The van der Waals surface area contributed by atoms with Gasteiger partial charge in [-0.3, -0.25) is 14.6 Å². The van der Waals surface area contributed by atoms with Gasteiger partial charge in [-0.15, -0.1) is 0 Å². The Kier molecular flexibility index (Phi) is 17.8. The molecule has 6 heterocycles. The molecule has 0 spiro atoms. The molecule has 0 bridgehead atoms. The van der Waals surface area contributed by atoms with Crippen molar-refractivity contribution in [2.24, 2.45) is 23.7 Å². The SMILES string of the molecule is CC[C@H]1OC(=O)[C@H](C)C(O[C@H]2C[C@@](C)(OC)[C@@H](O)[C@H](C)O2)[C@H](C)[C@@H](O[C@@H]2O[C@H](C)C[C@H](N(C)C)[C@H]2O)[C@](C)(OC)C[C@@H](C)C(=O)[C@H](C)[C@@H]2N(CCCCn3cnc(-c4cccnc4)c3)C(=O)O[C@@]21C. The Labute approximate surface area is 409 Å². The van der Waals surface area contributed by atoms with Crippen LogP contribution in [-0.2, 0) is 54.0 Å². The first-order valence-corrected chi connectivity index (χ1v) is 24.9. The molecule has 69 heavy (non-hydrogen) atoms. The van der Waals surface area contributed by atoms with E-state index < -0.39 is 108 Å². The van der Waals surface area contributed by atoms with Crippen LogP contribution in [0.1, 0.15) is 108 Å². The summed E-state index contributed by atoms with van der Waals surface area (Å²) in [6.45, 7) is 19.1. The number of aromatic nitrogens is 3. The number of esters is 1. The smallest absolute Gasteiger partial charge is 0.410 e. The number of pyridine rings is 1. The Morgan fingerprint density at radius 1 is 0.913 bits per heavy atom. The summed E-state index contributed by atoms with van der Waals surface area (Å²) < 4.78 is 53.7. The Bertz CT molecular complexity index is 2030. The Morgan fingerprint density at radius 3 is 2.25 bits per heavy atom. The molecule has 0 aromatic carbocycles. The zero-order valence-corrected chi connectivity index (χ0v) is 43.4. The molecule has 1 unspecified atom stereocenters. The van der Waals surface area contributed by atoms with E-state index in [-0.39, 0.29) is 37.2 Å². The first kappa shape index (κ1) is 54.7. The lowest BCUT2D eigenvalue weighted by Gasteiger charge is -2.50. The zero-order valence-electron chi connectivity index (χ0n) is 43.4. The van der Waals surface area contributed by atoms with Crippen LogP contribution in [0, 0.1) is 23.7 Å². The summed E-state index contributed by atoms with van der Waals surface area (Å²) in [5.41, 5.74) is -2.01. The molecule has 4 saturated heterocycles. The third kappa shape index (κ3) is 11.5. The van der Waals surface area contributed by atoms with Gasteiger partial charge in [-0.25, -0.2) is 9.78 Å². The Hall–Kier alpha value is -3.59. The molecule has 0 saturated carbocycles. The molecule has 18 nitrogen and oxygen atoms in total. The van der Waals surface area contributed by atoms with Gasteiger partial charge in [0, 0.05) is 81.7 Å². The third-order valence-electron chi connectivity index (χ3n) is 15.8. The minimum atomic E-state index is -1.42. The summed E-state index contributed by atoms with van der Waals surface area (Å²) in [7, 11) is 6.87. The molecule has 2 aromatic rings. The lowest BCUT2D eigenvalue weighted by atomic mass is 9.73. The molecule has 2 aromatic heterocycles. The number of aryl methyl sites for hydroxylation is 1. The molecule has 2 N–H and O–H groups in total. The van der Waals surface area contributed by atoms with Gasteiger partial charge in [0.2, 0.25) is 0 Å². The second-order valence-corrected chi connectivity index (χ2v) is 21.1. The number of likely N-dealkylation sites (N-methyl/N-ethyl adjacent to an activating group) is 1. The number of amides is 1. The van der Waals surface area contributed by atoms with Crippen molar-refractivity contribution in [2.45, 2.75) is 199 Å². The van der Waals surface area contributed by atoms with Gasteiger partial charge in [0.1, 0.15) is 24.1 Å². The summed E-state index contributed by atoms with van der Waals surface area (Å²) >= 11 is 0. The number of unbranched alkanes of at least 4 members (excludes halogenated alkanes) is 1. The van der Waals surface area contributed by atoms with Crippen LogP contribution in [0.2, 0.25) is 0 Å². The number of methoxy groups -OCH3 is 2. The fourth-order valence-electron chi connectivity index (χ4n) is 11.6. The number of nitrogens with zero attached hydrogens (tertiary/aromatic N) is 5. The lowest BCUT2D eigenvalue weighted by Crippen LogP contribution is -2.61. The standard InChI is InChI=1S/C51H81N5O13/c1-15-38-51(10)43(56(48(61)69-51)22-17-16-21-55-27-36(53-28-55)35-19-18-20-52-26-35)31(4)40(57)29(2)24-50(9,63-14)45(68-47-41(58)37(54(11)12)23-30(3)64-47)32(5)42(33(6)46(60)66-38)67-39-25-49(8,62-13)44(59)34(7)65-39/h18-20,26-34,37-39,41-45,47,58-59H,15-17,21-25H2,1-14H3/t29-,30-,31+,32+,33-,34+,37+,38-,39+,41-,42?,43+,44+,45-,47+,49-,50-,51-/m1/s1. The highest BCUT2D eigenvalue weighted by Gasteiger charge is 2.61. The lowest BCUT2D eigenvalue weighted by molar-refractivity contribution is -0.319. The molecule has 4 aliphatic heterocycles. The predicted molar refractivity (Wildman–Crippen MR) is 254 cm³/mol. The number of ketones is 1. The van der Waals surface area contributed by atoms with Gasteiger partial charge in [0.15, 0.2) is 18.2 Å². The quantitative estimate of drug-likeness (QED) is 0.174. The number of carbonyl (C=O) groups is 3. The van der Waals surface area contributed by atoms with E-state index >= 15 is 4.79 Å². The van der Waals surface area contributed by atoms with Crippen LogP contribution in [0.5, 0.6) is 0 Å². The second-order valence-electron chi connectivity index (χ2n) is 21.1. The minimum absolute atomic E-state index is 0.126. The Balaban J connectivity index is 1.36. The summed E-state index contributed by atoms with van der Waals surface area (Å²) in [4.78, 5) is 56.6. The third-order valence-corrected chi connectivity index (χ3v) is 15.8. The highest BCUT2D eigenvalue weighted by molar-refractivity contribution is 5.85. The van der Waals surface area contributed by atoms with Crippen molar-refractivity contribution in [1.29, 1.82) is 0 Å². The predicted octanol–water partition coefficient (Wildman–Crippen LogP) is 5.65. The van der Waals surface area contributed by atoms with Gasteiger partial charge in [-0.05, 0) is 99.9 Å². The maximum atomic E-state index is 15.1. The van der Waals surface area contributed by atoms with Crippen LogP contribution in [0.25, 0.3) is 11.3 Å². The molecule has 388 valence electrons. The van der Waals surface area contributed by atoms with Crippen LogP contribution in [-0.4, -0.2) is 171 Å². The molecule has 6 rings (SSSR count). The number of hydrogen-bond donors (Lipinski definition) is 2. The van der Waals surface area contributed by atoms with Crippen molar-refractivity contribution in [2.75, 3.05) is 34.9 Å². The average molecular weight is 972 g/mol. The number of carbonyl (C=O) groups excluding carboxylic acids is 3. The topological polar surface area (TPSA) is 203 Å². The van der Waals surface area contributed by atoms with Gasteiger partial charge < -0.3 is 62.5 Å². The van der Waals surface area contributed by atoms with Crippen LogP contribution in [0.3, 0.4) is 0 Å². The van der Waals surface area contributed by atoms with E-state index in [4.69, 9.17) is 37.9 Å². The van der Waals surface area contributed by atoms with Gasteiger partial charge in [-0.2, -0.15) is 0 Å². The molecule has 0 radical (unpaired) electrons. The van der Waals surface area contributed by atoms with Crippen molar-refractivity contribution >= 4 is 17.8 Å². The molecule has 4 fully saturated rings. The molecule has 18 atom stereocenters. The number of aliphatic hydroxyl groups excluding tert-OH is 2. The van der Waals surface area contributed by atoms with E-state index in [0.29, 0.717) is 32.4 Å². The van der Waals surface area contributed by atoms with Crippen molar-refractivity contribution in [3.8, 4) is 11.3 Å². The van der Waals surface area contributed by atoms with Crippen molar-refractivity contribution in [3.05, 3.63) is 37.1 Å². The first-order valence-electron chi connectivity index (χ1n) is 24.9. The van der Waals surface area contributed by atoms with E-state index in [1.54, 1.807) is 58.4 Å². The van der Waals surface area contributed by atoms with E-state index in [9.17, 15) is 19.8 Å². The van der Waals surface area contributed by atoms with E-state index in [1.807, 2.05) is 83.4 Å². The van der Waals surface area contributed by atoms with Crippen LogP contribution >= 0.6 is 0 Å². The Morgan fingerprint density at radius 2 is 1.61 bits per heavy atom. The number of cyclic esters (lactones) is 1. The number of hydrogen-bond acceptors (Lipinski definition) is 16. The summed E-state index contributed by atoms with van der Waals surface area (Å²) in [5.74, 6) is -3.91. The average Bonchev–Trinajstić information content (AvgIpc) is 3.90. The number of imidazole rings is 1. The van der Waals surface area contributed by atoms with Gasteiger partial charge >= 0.3 is 12.1 Å².